The van der Waals surface area contributed by atoms with Crippen LogP contribution in [0.25, 0.3) is 0 Å². The number of amides is 1. The highest BCUT2D eigenvalue weighted by Gasteiger charge is 2.33. The summed E-state index contributed by atoms with van der Waals surface area (Å²) in [5.41, 5.74) is 0.926. The Kier molecular flexibility index (Phi) is 5.28. The van der Waals surface area contributed by atoms with Crippen molar-refractivity contribution in [1.29, 1.82) is 0 Å². The highest BCUT2D eigenvalue weighted by atomic mass is 19.1. The van der Waals surface area contributed by atoms with Gasteiger partial charge >= 0.3 is 0 Å². The maximum Gasteiger partial charge on any atom is 0.254 e. The first-order valence-corrected chi connectivity index (χ1v) is 8.83. The number of halogens is 1. The number of carbonyl (C=O) groups excluding carboxylic acids is 1. The zero-order valence-corrected chi connectivity index (χ0v) is 15.1. The van der Waals surface area contributed by atoms with Crippen molar-refractivity contribution >= 4 is 5.91 Å². The molecule has 0 aromatic heterocycles. The second-order valence-electron chi connectivity index (χ2n) is 7.39. The highest BCUT2D eigenvalue weighted by Crippen LogP contribution is 2.23. The van der Waals surface area contributed by atoms with Gasteiger partial charge < -0.3 is 14.7 Å². The number of aryl methyl sites for hydroxylation is 1. The summed E-state index contributed by atoms with van der Waals surface area (Å²) in [5, 5.41) is 9.85. The van der Waals surface area contributed by atoms with Crippen LogP contribution < -0.4 is 4.74 Å². The van der Waals surface area contributed by atoms with E-state index in [4.69, 9.17) is 4.74 Å². The topological polar surface area (TPSA) is 49.8 Å². The van der Waals surface area contributed by atoms with Crippen LogP contribution in [0, 0.1) is 5.82 Å². The summed E-state index contributed by atoms with van der Waals surface area (Å²) in [4.78, 5) is 14.3. The van der Waals surface area contributed by atoms with Crippen molar-refractivity contribution < 1.29 is 19.0 Å². The fourth-order valence-corrected chi connectivity index (χ4v) is 2.89. The van der Waals surface area contributed by atoms with E-state index in [1.807, 2.05) is 18.2 Å². The molecule has 0 aliphatic carbocycles. The Hall–Kier alpha value is -2.40. The SMILES string of the molecule is CC(C)(O)CCc1cccc(C(=O)N2CC(Oc3ccccc3F)C2)c1. The lowest BCUT2D eigenvalue weighted by atomic mass is 9.97. The van der Waals surface area contributed by atoms with E-state index in [2.05, 4.69) is 0 Å². The van der Waals surface area contributed by atoms with Gasteiger partial charge in [0.1, 0.15) is 6.10 Å². The maximum absolute atomic E-state index is 13.6. The largest absolute Gasteiger partial charge is 0.484 e. The van der Waals surface area contributed by atoms with Crippen LogP contribution in [-0.4, -0.2) is 40.7 Å². The molecule has 1 aliphatic heterocycles. The first-order chi connectivity index (χ1) is 12.3. The molecule has 1 fully saturated rings. The minimum absolute atomic E-state index is 0.0523. The molecule has 4 nitrogen and oxygen atoms in total. The Morgan fingerprint density at radius 1 is 1.23 bits per heavy atom. The smallest absolute Gasteiger partial charge is 0.254 e. The Labute approximate surface area is 153 Å². The molecule has 138 valence electrons. The van der Waals surface area contributed by atoms with Gasteiger partial charge in [-0.05, 0) is 56.5 Å². The minimum atomic E-state index is -0.727. The van der Waals surface area contributed by atoms with Crippen molar-refractivity contribution in [3.05, 3.63) is 65.5 Å². The molecule has 2 aromatic rings. The first-order valence-electron chi connectivity index (χ1n) is 8.83. The van der Waals surface area contributed by atoms with Crippen LogP contribution in [0.3, 0.4) is 0 Å². The van der Waals surface area contributed by atoms with E-state index in [1.54, 1.807) is 43.0 Å². The van der Waals surface area contributed by atoms with Crippen LogP contribution in [0.1, 0.15) is 36.2 Å². The van der Waals surface area contributed by atoms with Gasteiger partial charge in [0.2, 0.25) is 0 Å². The average molecular weight is 357 g/mol. The van der Waals surface area contributed by atoms with Gasteiger partial charge in [0, 0.05) is 5.56 Å². The summed E-state index contributed by atoms with van der Waals surface area (Å²) in [6.07, 6.45) is 1.16. The monoisotopic (exact) mass is 357 g/mol. The van der Waals surface area contributed by atoms with E-state index < -0.39 is 11.4 Å². The van der Waals surface area contributed by atoms with Gasteiger partial charge in [-0.2, -0.15) is 0 Å². The fourth-order valence-electron chi connectivity index (χ4n) is 2.89. The number of para-hydroxylation sites is 1. The standard InChI is InChI=1S/C21H24FNO3/c1-21(2,25)11-10-15-6-5-7-16(12-15)20(24)23-13-17(14-23)26-19-9-4-3-8-18(19)22/h3-9,12,17,25H,10-11,13-14H2,1-2H3. The van der Waals surface area contributed by atoms with Crippen molar-refractivity contribution in [2.75, 3.05) is 13.1 Å². The van der Waals surface area contributed by atoms with Gasteiger partial charge in [-0.15, -0.1) is 0 Å². The quantitative estimate of drug-likeness (QED) is 0.862. The molecule has 0 unspecified atom stereocenters. The van der Waals surface area contributed by atoms with Crippen molar-refractivity contribution in [3.8, 4) is 5.75 Å². The Balaban J connectivity index is 1.55. The van der Waals surface area contributed by atoms with E-state index in [-0.39, 0.29) is 17.8 Å². The van der Waals surface area contributed by atoms with Crippen LogP contribution in [0.4, 0.5) is 4.39 Å². The lowest BCUT2D eigenvalue weighted by Crippen LogP contribution is -2.56. The predicted octanol–water partition coefficient (Wildman–Crippen LogP) is 3.43. The minimum Gasteiger partial charge on any atom is -0.484 e. The van der Waals surface area contributed by atoms with Crippen molar-refractivity contribution in [2.45, 2.75) is 38.4 Å². The number of rotatable bonds is 6. The van der Waals surface area contributed by atoms with Gasteiger partial charge in [-0.3, -0.25) is 4.79 Å². The summed E-state index contributed by atoms with van der Waals surface area (Å²) >= 11 is 0. The van der Waals surface area contributed by atoms with E-state index in [0.29, 0.717) is 31.5 Å². The molecule has 0 saturated carbocycles. The lowest BCUT2D eigenvalue weighted by molar-refractivity contribution is 0.0163. The fraction of sp³-hybridized carbons (Fsp3) is 0.381. The van der Waals surface area contributed by atoms with Gasteiger partial charge in [-0.1, -0.05) is 24.3 Å². The molecule has 1 amide bonds. The number of nitrogens with zero attached hydrogens (tertiary/aromatic N) is 1. The van der Waals surface area contributed by atoms with E-state index in [0.717, 1.165) is 5.56 Å². The third kappa shape index (κ3) is 4.61. The highest BCUT2D eigenvalue weighted by molar-refractivity contribution is 5.95. The normalized spacial score (nSPS) is 14.8. The number of hydrogen-bond acceptors (Lipinski definition) is 3. The lowest BCUT2D eigenvalue weighted by Gasteiger charge is -2.39. The summed E-state index contributed by atoms with van der Waals surface area (Å²) < 4.78 is 19.2. The third-order valence-corrected chi connectivity index (χ3v) is 4.46. The van der Waals surface area contributed by atoms with Gasteiger partial charge in [0.15, 0.2) is 11.6 Å². The molecular formula is C21H24FNO3. The number of hydrogen-bond donors (Lipinski definition) is 1. The van der Waals surface area contributed by atoms with Gasteiger partial charge in [-0.25, -0.2) is 4.39 Å². The molecule has 26 heavy (non-hydrogen) atoms. The van der Waals surface area contributed by atoms with E-state index in [1.165, 1.54) is 6.07 Å². The number of ether oxygens (including phenoxy) is 1. The zero-order chi connectivity index (χ0) is 18.7. The number of likely N-dealkylation sites (tertiary alicyclic amines) is 1. The van der Waals surface area contributed by atoms with E-state index in [9.17, 15) is 14.3 Å². The van der Waals surface area contributed by atoms with Gasteiger partial charge in [0.05, 0.1) is 18.7 Å². The molecule has 1 N–H and O–H groups in total. The predicted molar refractivity (Wildman–Crippen MR) is 97.8 cm³/mol. The van der Waals surface area contributed by atoms with Crippen LogP contribution in [0.15, 0.2) is 48.5 Å². The summed E-state index contributed by atoms with van der Waals surface area (Å²) in [6.45, 7) is 4.44. The van der Waals surface area contributed by atoms with Crippen LogP contribution >= 0.6 is 0 Å². The molecule has 3 rings (SSSR count). The molecule has 5 heteroatoms. The molecule has 1 heterocycles. The Morgan fingerprint density at radius 2 is 1.96 bits per heavy atom. The van der Waals surface area contributed by atoms with Crippen LogP contribution in [-0.2, 0) is 6.42 Å². The van der Waals surface area contributed by atoms with Gasteiger partial charge in [0.25, 0.3) is 5.91 Å². The molecule has 0 atom stereocenters. The molecule has 1 saturated heterocycles. The van der Waals surface area contributed by atoms with E-state index >= 15 is 0 Å². The zero-order valence-electron chi connectivity index (χ0n) is 15.1. The molecule has 0 radical (unpaired) electrons. The summed E-state index contributed by atoms with van der Waals surface area (Å²) in [7, 11) is 0. The summed E-state index contributed by atoms with van der Waals surface area (Å²) in [6, 6.07) is 13.8. The second kappa shape index (κ2) is 7.46. The first kappa shape index (κ1) is 18.4. The van der Waals surface area contributed by atoms with Crippen molar-refractivity contribution in [1.82, 2.24) is 4.90 Å². The average Bonchev–Trinajstić information content (AvgIpc) is 2.56. The Morgan fingerprint density at radius 3 is 2.65 bits per heavy atom. The number of benzene rings is 2. The van der Waals surface area contributed by atoms with Crippen LogP contribution in [0.2, 0.25) is 0 Å². The maximum atomic E-state index is 13.6. The molecule has 1 aliphatic rings. The van der Waals surface area contributed by atoms with Crippen molar-refractivity contribution in [3.63, 3.8) is 0 Å². The molecule has 0 bridgehead atoms. The molecular weight excluding hydrogens is 333 g/mol. The number of carbonyl (C=O) groups is 1. The third-order valence-electron chi connectivity index (χ3n) is 4.46. The molecule has 2 aromatic carbocycles. The summed E-state index contributed by atoms with van der Waals surface area (Å²) in [5.74, 6) is -0.224. The second-order valence-corrected chi connectivity index (χ2v) is 7.39. The van der Waals surface area contributed by atoms with Crippen LogP contribution in [0.5, 0.6) is 5.75 Å². The number of aliphatic hydroxyl groups is 1. The van der Waals surface area contributed by atoms with Crippen molar-refractivity contribution in [2.24, 2.45) is 0 Å². The molecule has 0 spiro atoms. The Bertz CT molecular complexity index is 779.